The number of carbonyl (C=O) groups excluding carboxylic acids is 1. The first kappa shape index (κ1) is 19.5. The minimum absolute atomic E-state index is 0.115. The van der Waals surface area contributed by atoms with E-state index in [4.69, 9.17) is 0 Å². The summed E-state index contributed by atoms with van der Waals surface area (Å²) in [6, 6.07) is 9.93. The van der Waals surface area contributed by atoms with Gasteiger partial charge in [0, 0.05) is 30.0 Å². The highest BCUT2D eigenvalue weighted by atomic mass is 32.2. The van der Waals surface area contributed by atoms with Gasteiger partial charge in [-0.3, -0.25) is 9.78 Å². The second kappa shape index (κ2) is 7.40. The van der Waals surface area contributed by atoms with Crippen LogP contribution in [-0.2, 0) is 14.8 Å². The number of anilines is 1. The second-order valence-electron chi connectivity index (χ2n) is 7.78. The van der Waals surface area contributed by atoms with Gasteiger partial charge in [0.1, 0.15) is 0 Å². The van der Waals surface area contributed by atoms with Gasteiger partial charge in [0.2, 0.25) is 15.9 Å². The van der Waals surface area contributed by atoms with E-state index in [1.807, 2.05) is 32.9 Å². The van der Waals surface area contributed by atoms with E-state index in [2.05, 4.69) is 10.3 Å². The van der Waals surface area contributed by atoms with Gasteiger partial charge in [-0.2, -0.15) is 4.31 Å². The largest absolute Gasteiger partial charge is 0.326 e. The van der Waals surface area contributed by atoms with E-state index in [0.717, 1.165) is 18.4 Å². The zero-order chi connectivity index (χ0) is 19.7. The number of sulfonamides is 1. The molecule has 2 aromatic rings. The number of nitrogens with one attached hydrogen (secondary N) is 1. The highest BCUT2D eigenvalue weighted by molar-refractivity contribution is 7.89. The van der Waals surface area contributed by atoms with Crippen molar-refractivity contribution in [2.24, 2.45) is 5.41 Å². The highest BCUT2D eigenvalue weighted by Crippen LogP contribution is 2.36. The van der Waals surface area contributed by atoms with Crippen molar-refractivity contribution in [3.05, 3.63) is 54.4 Å². The topological polar surface area (TPSA) is 79.4 Å². The predicted octanol–water partition coefficient (Wildman–Crippen LogP) is 3.59. The number of hydrogen-bond donors (Lipinski definition) is 1. The fourth-order valence-electron chi connectivity index (χ4n) is 3.11. The number of hydrogen-bond acceptors (Lipinski definition) is 4. The summed E-state index contributed by atoms with van der Waals surface area (Å²) in [6.45, 7) is 5.98. The van der Waals surface area contributed by atoms with Crippen LogP contribution in [-0.4, -0.2) is 30.2 Å². The summed E-state index contributed by atoms with van der Waals surface area (Å²) in [7, 11) is -3.61. The Morgan fingerprint density at radius 3 is 2.33 bits per heavy atom. The van der Waals surface area contributed by atoms with E-state index >= 15 is 0 Å². The molecule has 1 atom stereocenters. The van der Waals surface area contributed by atoms with Crippen LogP contribution in [0.5, 0.6) is 0 Å². The number of amides is 1. The summed E-state index contributed by atoms with van der Waals surface area (Å²) < 4.78 is 27.8. The number of pyridine rings is 1. The number of rotatable bonds is 4. The average Bonchev–Trinajstić information content (AvgIpc) is 3.13. The van der Waals surface area contributed by atoms with Crippen LogP contribution in [0.3, 0.4) is 0 Å². The van der Waals surface area contributed by atoms with Crippen molar-refractivity contribution >= 4 is 21.6 Å². The Kier molecular flexibility index (Phi) is 5.35. The smallest absolute Gasteiger partial charge is 0.243 e. The SMILES string of the molecule is CC(C)(C)C(=O)Nc1ccc(S(=O)(=O)N2CCC[C@@H]2c2ccncc2)cc1. The molecule has 27 heavy (non-hydrogen) atoms. The van der Waals surface area contributed by atoms with Crippen LogP contribution in [0, 0.1) is 5.41 Å². The monoisotopic (exact) mass is 387 g/mol. The fourth-order valence-corrected chi connectivity index (χ4v) is 4.79. The zero-order valence-electron chi connectivity index (χ0n) is 15.8. The summed E-state index contributed by atoms with van der Waals surface area (Å²) in [5, 5.41) is 2.81. The van der Waals surface area contributed by atoms with Gasteiger partial charge >= 0.3 is 0 Å². The Labute approximate surface area is 160 Å². The molecule has 1 aromatic carbocycles. The van der Waals surface area contributed by atoms with E-state index in [0.29, 0.717) is 12.2 Å². The molecule has 1 amide bonds. The molecular formula is C20H25N3O3S. The molecule has 1 aliphatic rings. The van der Waals surface area contributed by atoms with Crippen molar-refractivity contribution in [3.63, 3.8) is 0 Å². The number of benzene rings is 1. The third kappa shape index (κ3) is 4.20. The molecule has 1 aromatic heterocycles. The lowest BCUT2D eigenvalue weighted by Crippen LogP contribution is -2.30. The molecule has 0 radical (unpaired) electrons. The van der Waals surface area contributed by atoms with Gasteiger partial charge in [0.15, 0.2) is 0 Å². The van der Waals surface area contributed by atoms with Crippen molar-refractivity contribution in [2.75, 3.05) is 11.9 Å². The maximum Gasteiger partial charge on any atom is 0.243 e. The summed E-state index contributed by atoms with van der Waals surface area (Å²) in [5.74, 6) is -0.115. The van der Waals surface area contributed by atoms with Gasteiger partial charge in [0.25, 0.3) is 0 Å². The molecule has 1 N–H and O–H groups in total. The van der Waals surface area contributed by atoms with E-state index < -0.39 is 15.4 Å². The van der Waals surface area contributed by atoms with Crippen molar-refractivity contribution in [1.29, 1.82) is 0 Å². The Morgan fingerprint density at radius 2 is 1.74 bits per heavy atom. The lowest BCUT2D eigenvalue weighted by molar-refractivity contribution is -0.123. The molecule has 144 valence electrons. The molecular weight excluding hydrogens is 362 g/mol. The lowest BCUT2D eigenvalue weighted by atomic mass is 9.95. The van der Waals surface area contributed by atoms with Gasteiger partial charge in [-0.15, -0.1) is 0 Å². The Morgan fingerprint density at radius 1 is 1.11 bits per heavy atom. The third-order valence-corrected chi connectivity index (χ3v) is 6.62. The van der Waals surface area contributed by atoms with Crippen molar-refractivity contribution in [3.8, 4) is 0 Å². The molecule has 2 heterocycles. The molecule has 0 saturated carbocycles. The van der Waals surface area contributed by atoms with Gasteiger partial charge in [-0.05, 0) is 54.8 Å². The quantitative estimate of drug-likeness (QED) is 0.869. The third-order valence-electron chi connectivity index (χ3n) is 4.69. The zero-order valence-corrected chi connectivity index (χ0v) is 16.7. The van der Waals surface area contributed by atoms with Crippen molar-refractivity contribution < 1.29 is 13.2 Å². The number of carbonyl (C=O) groups is 1. The number of nitrogens with zero attached hydrogens (tertiary/aromatic N) is 2. The molecule has 7 heteroatoms. The molecule has 1 aliphatic heterocycles. The minimum Gasteiger partial charge on any atom is -0.326 e. The molecule has 6 nitrogen and oxygen atoms in total. The molecule has 0 aliphatic carbocycles. The maximum atomic E-state index is 13.1. The molecule has 1 fully saturated rings. The molecule has 3 rings (SSSR count). The van der Waals surface area contributed by atoms with Gasteiger partial charge < -0.3 is 5.32 Å². The molecule has 0 unspecified atom stereocenters. The molecule has 0 bridgehead atoms. The van der Waals surface area contributed by atoms with Gasteiger partial charge in [-0.25, -0.2) is 8.42 Å². The van der Waals surface area contributed by atoms with Crippen LogP contribution >= 0.6 is 0 Å². The standard InChI is InChI=1S/C20H25N3O3S/c1-20(2,3)19(24)22-16-6-8-17(9-7-16)27(25,26)23-14-4-5-18(23)15-10-12-21-13-11-15/h6-13,18H,4-5,14H2,1-3H3,(H,22,24)/t18-/m1/s1. The number of aromatic nitrogens is 1. The second-order valence-corrected chi connectivity index (χ2v) is 9.67. The summed E-state index contributed by atoms with van der Waals surface area (Å²) in [5.41, 5.74) is 1.03. The lowest BCUT2D eigenvalue weighted by Gasteiger charge is -2.24. The highest BCUT2D eigenvalue weighted by Gasteiger charge is 2.36. The Balaban J connectivity index is 1.81. The van der Waals surface area contributed by atoms with E-state index in [1.54, 1.807) is 41.0 Å². The van der Waals surface area contributed by atoms with E-state index in [-0.39, 0.29) is 16.8 Å². The Bertz CT molecular complexity index is 904. The first-order valence-corrected chi connectivity index (χ1v) is 10.5. The van der Waals surface area contributed by atoms with Gasteiger partial charge in [-0.1, -0.05) is 20.8 Å². The minimum atomic E-state index is -3.61. The van der Waals surface area contributed by atoms with E-state index in [1.165, 1.54) is 0 Å². The summed E-state index contributed by atoms with van der Waals surface area (Å²) >= 11 is 0. The van der Waals surface area contributed by atoms with Crippen molar-refractivity contribution in [1.82, 2.24) is 9.29 Å². The Hall–Kier alpha value is -2.25. The van der Waals surface area contributed by atoms with Crippen LogP contribution in [0.2, 0.25) is 0 Å². The summed E-state index contributed by atoms with van der Waals surface area (Å²) in [4.78, 5) is 16.3. The molecule has 1 saturated heterocycles. The predicted molar refractivity (Wildman–Crippen MR) is 105 cm³/mol. The van der Waals surface area contributed by atoms with Crippen LogP contribution in [0.4, 0.5) is 5.69 Å². The van der Waals surface area contributed by atoms with Crippen molar-refractivity contribution in [2.45, 2.75) is 44.6 Å². The van der Waals surface area contributed by atoms with Gasteiger partial charge in [0.05, 0.1) is 10.9 Å². The first-order valence-electron chi connectivity index (χ1n) is 9.03. The van der Waals surface area contributed by atoms with Crippen LogP contribution in [0.25, 0.3) is 0 Å². The van der Waals surface area contributed by atoms with E-state index in [9.17, 15) is 13.2 Å². The average molecular weight is 388 g/mol. The normalized spacial score (nSPS) is 18.4. The van der Waals surface area contributed by atoms with Crippen LogP contribution < -0.4 is 5.32 Å². The van der Waals surface area contributed by atoms with Crippen LogP contribution in [0.15, 0.2) is 53.7 Å². The maximum absolute atomic E-state index is 13.1. The van der Waals surface area contributed by atoms with Crippen LogP contribution in [0.1, 0.15) is 45.2 Å². The first-order chi connectivity index (χ1) is 12.7. The fraction of sp³-hybridized carbons (Fsp3) is 0.400. The molecule has 0 spiro atoms. The summed E-state index contributed by atoms with van der Waals surface area (Å²) in [6.07, 6.45) is 4.99.